The second-order valence-electron chi connectivity index (χ2n) is 5.23. The van der Waals surface area contributed by atoms with Crippen molar-refractivity contribution in [2.45, 2.75) is 53.2 Å². The van der Waals surface area contributed by atoms with Crippen LogP contribution in [0.2, 0.25) is 0 Å². The number of thioether (sulfide) groups is 1. The SMILES string of the molecule is Cc1cc(C)c(C)c(C(=O)CCSC(C)C)c1C. The molecule has 0 N–H and O–H groups in total. The first-order valence-corrected chi connectivity index (χ1v) is 7.61. The highest BCUT2D eigenvalue weighted by atomic mass is 32.2. The van der Waals surface area contributed by atoms with Crippen LogP contribution in [0.15, 0.2) is 6.07 Å². The zero-order valence-electron chi connectivity index (χ0n) is 12.4. The van der Waals surface area contributed by atoms with Crippen LogP contribution in [-0.4, -0.2) is 16.8 Å². The summed E-state index contributed by atoms with van der Waals surface area (Å²) in [6.07, 6.45) is 0.646. The van der Waals surface area contributed by atoms with Gasteiger partial charge in [-0.2, -0.15) is 11.8 Å². The molecule has 0 aliphatic rings. The smallest absolute Gasteiger partial charge is 0.164 e. The average Bonchev–Trinajstić information content (AvgIpc) is 2.26. The Morgan fingerprint density at radius 1 is 1.11 bits per heavy atom. The summed E-state index contributed by atoms with van der Waals surface area (Å²) in [5.74, 6) is 1.22. The van der Waals surface area contributed by atoms with Gasteiger partial charge in [-0.1, -0.05) is 19.9 Å². The molecule has 0 unspecified atom stereocenters. The summed E-state index contributed by atoms with van der Waals surface area (Å²) in [5, 5.41) is 0.597. The first kappa shape index (κ1) is 15.3. The Labute approximate surface area is 115 Å². The van der Waals surface area contributed by atoms with Gasteiger partial charge in [-0.15, -0.1) is 0 Å². The number of carbonyl (C=O) groups excluding carboxylic acids is 1. The Kier molecular flexibility index (Phi) is 5.46. The standard InChI is InChI=1S/C16H24OS/c1-10(2)18-8-7-15(17)16-13(5)11(3)9-12(4)14(16)6/h9-10H,7-8H2,1-6H3. The Morgan fingerprint density at radius 3 is 2.06 bits per heavy atom. The molecule has 0 saturated carbocycles. The molecule has 1 nitrogen and oxygen atoms in total. The minimum Gasteiger partial charge on any atom is -0.294 e. The number of benzene rings is 1. The van der Waals surface area contributed by atoms with Crippen LogP contribution >= 0.6 is 11.8 Å². The van der Waals surface area contributed by atoms with Crippen LogP contribution in [0.4, 0.5) is 0 Å². The predicted octanol–water partition coefficient (Wildman–Crippen LogP) is 4.63. The molecule has 0 radical (unpaired) electrons. The lowest BCUT2D eigenvalue weighted by molar-refractivity contribution is 0.0988. The lowest BCUT2D eigenvalue weighted by Gasteiger charge is -2.14. The third-order valence-corrected chi connectivity index (χ3v) is 4.53. The van der Waals surface area contributed by atoms with Crippen LogP contribution in [0, 0.1) is 27.7 Å². The van der Waals surface area contributed by atoms with Crippen LogP contribution in [0.1, 0.15) is 52.9 Å². The molecule has 0 amide bonds. The van der Waals surface area contributed by atoms with Gasteiger partial charge in [0.05, 0.1) is 0 Å². The third-order valence-electron chi connectivity index (χ3n) is 3.43. The monoisotopic (exact) mass is 264 g/mol. The largest absolute Gasteiger partial charge is 0.294 e. The van der Waals surface area contributed by atoms with Crippen LogP contribution in [0.5, 0.6) is 0 Å². The summed E-state index contributed by atoms with van der Waals surface area (Å²) < 4.78 is 0. The summed E-state index contributed by atoms with van der Waals surface area (Å²) in [6, 6.07) is 2.17. The van der Waals surface area contributed by atoms with E-state index in [0.29, 0.717) is 17.5 Å². The van der Waals surface area contributed by atoms with Gasteiger partial charge in [-0.3, -0.25) is 4.79 Å². The van der Waals surface area contributed by atoms with Crippen molar-refractivity contribution in [3.05, 3.63) is 33.9 Å². The van der Waals surface area contributed by atoms with Crippen LogP contribution in [-0.2, 0) is 0 Å². The van der Waals surface area contributed by atoms with Crippen molar-refractivity contribution >= 4 is 17.5 Å². The Hall–Kier alpha value is -0.760. The highest BCUT2D eigenvalue weighted by Gasteiger charge is 2.15. The average molecular weight is 264 g/mol. The molecule has 0 spiro atoms. The van der Waals surface area contributed by atoms with E-state index in [-0.39, 0.29) is 0 Å². The molecule has 1 aromatic carbocycles. The first-order chi connectivity index (χ1) is 8.34. The molecule has 100 valence electrons. The van der Waals surface area contributed by atoms with Gasteiger partial charge in [0.25, 0.3) is 0 Å². The lowest BCUT2D eigenvalue weighted by atomic mass is 9.91. The molecule has 0 heterocycles. The van der Waals surface area contributed by atoms with E-state index in [1.165, 1.54) is 11.1 Å². The molecular formula is C16H24OS. The van der Waals surface area contributed by atoms with Gasteiger partial charge in [0.2, 0.25) is 0 Å². The van der Waals surface area contributed by atoms with E-state index in [9.17, 15) is 4.79 Å². The minimum absolute atomic E-state index is 0.296. The van der Waals surface area contributed by atoms with Crippen molar-refractivity contribution in [2.24, 2.45) is 0 Å². The van der Waals surface area contributed by atoms with E-state index in [0.717, 1.165) is 22.4 Å². The van der Waals surface area contributed by atoms with Crippen molar-refractivity contribution in [1.29, 1.82) is 0 Å². The van der Waals surface area contributed by atoms with Gasteiger partial charge >= 0.3 is 0 Å². The van der Waals surface area contributed by atoms with Gasteiger partial charge in [0.15, 0.2) is 5.78 Å². The van der Waals surface area contributed by atoms with Crippen molar-refractivity contribution in [3.8, 4) is 0 Å². The molecule has 2 heteroatoms. The van der Waals surface area contributed by atoms with E-state index >= 15 is 0 Å². The molecule has 0 saturated heterocycles. The van der Waals surface area contributed by atoms with Gasteiger partial charge in [-0.25, -0.2) is 0 Å². The van der Waals surface area contributed by atoms with Crippen LogP contribution < -0.4 is 0 Å². The Balaban J connectivity index is 2.92. The third kappa shape index (κ3) is 3.61. The second-order valence-corrected chi connectivity index (χ2v) is 6.91. The molecule has 1 aromatic rings. The fourth-order valence-electron chi connectivity index (χ4n) is 2.15. The number of hydrogen-bond acceptors (Lipinski definition) is 2. The maximum Gasteiger partial charge on any atom is 0.164 e. The lowest BCUT2D eigenvalue weighted by Crippen LogP contribution is -2.09. The Morgan fingerprint density at radius 2 is 1.61 bits per heavy atom. The Bertz CT molecular complexity index is 421. The molecular weight excluding hydrogens is 240 g/mol. The van der Waals surface area contributed by atoms with Crippen molar-refractivity contribution in [2.75, 3.05) is 5.75 Å². The van der Waals surface area contributed by atoms with Crippen molar-refractivity contribution in [3.63, 3.8) is 0 Å². The fraction of sp³-hybridized carbons (Fsp3) is 0.562. The summed E-state index contributed by atoms with van der Waals surface area (Å²) in [6.45, 7) is 12.6. The van der Waals surface area contributed by atoms with E-state index in [1.807, 2.05) is 11.8 Å². The second kappa shape index (κ2) is 6.42. The number of ketones is 1. The molecule has 0 aromatic heterocycles. The summed E-state index contributed by atoms with van der Waals surface area (Å²) in [5.41, 5.74) is 5.70. The zero-order valence-corrected chi connectivity index (χ0v) is 13.2. The number of carbonyl (C=O) groups is 1. The van der Waals surface area contributed by atoms with Gasteiger partial charge in [0, 0.05) is 17.7 Å². The predicted molar refractivity (Wildman–Crippen MR) is 81.9 cm³/mol. The van der Waals surface area contributed by atoms with E-state index in [1.54, 1.807) is 0 Å². The highest BCUT2D eigenvalue weighted by Crippen LogP contribution is 2.24. The quantitative estimate of drug-likeness (QED) is 0.721. The maximum atomic E-state index is 12.4. The fourth-order valence-corrected chi connectivity index (χ4v) is 2.92. The maximum absolute atomic E-state index is 12.4. The van der Waals surface area contributed by atoms with Gasteiger partial charge < -0.3 is 0 Å². The van der Waals surface area contributed by atoms with E-state index < -0.39 is 0 Å². The molecule has 0 atom stereocenters. The molecule has 0 fully saturated rings. The van der Waals surface area contributed by atoms with Crippen molar-refractivity contribution in [1.82, 2.24) is 0 Å². The van der Waals surface area contributed by atoms with Crippen LogP contribution in [0.25, 0.3) is 0 Å². The summed E-state index contributed by atoms with van der Waals surface area (Å²) in [7, 11) is 0. The minimum atomic E-state index is 0.296. The van der Waals surface area contributed by atoms with Gasteiger partial charge in [0.1, 0.15) is 0 Å². The summed E-state index contributed by atoms with van der Waals surface area (Å²) in [4.78, 5) is 12.4. The molecule has 0 bridgehead atoms. The highest BCUT2D eigenvalue weighted by molar-refractivity contribution is 7.99. The number of hydrogen-bond donors (Lipinski definition) is 0. The first-order valence-electron chi connectivity index (χ1n) is 6.56. The topological polar surface area (TPSA) is 17.1 Å². The van der Waals surface area contributed by atoms with Gasteiger partial charge in [-0.05, 0) is 55.2 Å². The molecule has 18 heavy (non-hydrogen) atoms. The molecule has 0 aliphatic heterocycles. The summed E-state index contributed by atoms with van der Waals surface area (Å²) >= 11 is 1.85. The number of Topliss-reactive ketones (excluding diaryl/α,β-unsaturated/α-hetero) is 1. The van der Waals surface area contributed by atoms with Crippen LogP contribution in [0.3, 0.4) is 0 Å². The zero-order chi connectivity index (χ0) is 13.9. The van der Waals surface area contributed by atoms with E-state index in [2.05, 4.69) is 47.6 Å². The van der Waals surface area contributed by atoms with E-state index in [4.69, 9.17) is 0 Å². The molecule has 0 aliphatic carbocycles. The molecule has 1 rings (SSSR count). The van der Waals surface area contributed by atoms with Crippen molar-refractivity contribution < 1.29 is 4.79 Å². The normalized spacial score (nSPS) is 11.1. The number of rotatable bonds is 5. The number of aryl methyl sites for hydroxylation is 2.